The molecule has 0 saturated heterocycles. The molecule has 0 atom stereocenters. The summed E-state index contributed by atoms with van der Waals surface area (Å²) < 4.78 is 2.42. The van der Waals surface area contributed by atoms with Crippen LogP contribution < -0.4 is 0 Å². The van der Waals surface area contributed by atoms with Gasteiger partial charge >= 0.3 is 0 Å². The summed E-state index contributed by atoms with van der Waals surface area (Å²) in [4.78, 5) is 9.53. The van der Waals surface area contributed by atoms with Gasteiger partial charge in [-0.15, -0.1) is 0 Å². The largest absolute Gasteiger partial charge is 0.307 e. The topological polar surface area (TPSA) is 54.0 Å². The van der Waals surface area contributed by atoms with Gasteiger partial charge in [0.05, 0.1) is 44.5 Å². The van der Waals surface area contributed by atoms with Crippen molar-refractivity contribution >= 4 is 59.9 Å². The summed E-state index contributed by atoms with van der Waals surface area (Å²) in [7, 11) is 0. The molecule has 7 rings (SSSR count). The Bertz CT molecular complexity index is 1990. The maximum atomic E-state index is 9.80. The van der Waals surface area contributed by atoms with Crippen molar-refractivity contribution in [2.75, 3.05) is 0 Å². The Morgan fingerprint density at radius 1 is 0.882 bits per heavy atom. The van der Waals surface area contributed by atoms with Crippen LogP contribution in [0.1, 0.15) is 25.0 Å². The molecule has 0 radical (unpaired) electrons. The Labute approximate surface area is 196 Å². The summed E-state index contributed by atoms with van der Waals surface area (Å²) in [6.45, 7) is 6.23. The van der Waals surface area contributed by atoms with Crippen LogP contribution in [0.2, 0.25) is 0 Å². The molecule has 0 aliphatic carbocycles. The van der Waals surface area contributed by atoms with Crippen LogP contribution in [0.25, 0.3) is 59.9 Å². The average molecular weight is 439 g/mol. The van der Waals surface area contributed by atoms with Crippen LogP contribution in [0.3, 0.4) is 0 Å². The first-order valence-electron chi connectivity index (χ1n) is 11.6. The van der Waals surface area contributed by atoms with E-state index in [-0.39, 0.29) is 0 Å². The normalized spacial score (nSPS) is 12.6. The lowest BCUT2D eigenvalue weighted by Crippen LogP contribution is -2.12. The van der Waals surface area contributed by atoms with Gasteiger partial charge in [-0.2, -0.15) is 5.26 Å². The van der Waals surface area contributed by atoms with Crippen molar-refractivity contribution in [1.29, 1.82) is 5.26 Å². The van der Waals surface area contributed by atoms with E-state index in [2.05, 4.69) is 78.1 Å². The second-order valence-electron chi connectivity index (χ2n) is 10.0. The van der Waals surface area contributed by atoms with Crippen molar-refractivity contribution < 1.29 is 0 Å². The first-order chi connectivity index (χ1) is 16.5. The van der Waals surface area contributed by atoms with E-state index in [9.17, 15) is 5.26 Å². The zero-order valence-electron chi connectivity index (χ0n) is 19.3. The molecule has 34 heavy (non-hydrogen) atoms. The van der Waals surface area contributed by atoms with Gasteiger partial charge in [0.2, 0.25) is 0 Å². The standard InChI is InChI=1S/C30H22N4/c1-17-20-9-5-4-8-18(20)12-22-27-26-23(32-16-33-27)13-19(14-30(2,3)15-31)25-21-10-6-7-11-24(21)34(28(17)22)29(25)26/h4-13,16H,14H2,1-3H3. The predicted molar refractivity (Wildman–Crippen MR) is 140 cm³/mol. The fraction of sp³-hybridized carbons (Fsp3) is 0.167. The molecule has 4 aromatic carbocycles. The van der Waals surface area contributed by atoms with E-state index in [0.717, 1.165) is 32.9 Å². The van der Waals surface area contributed by atoms with Gasteiger partial charge in [-0.1, -0.05) is 42.5 Å². The Morgan fingerprint density at radius 2 is 1.65 bits per heavy atom. The number of pyridine rings is 1. The molecular formula is C30H22N4. The highest BCUT2D eigenvalue weighted by Crippen LogP contribution is 2.44. The monoisotopic (exact) mass is 438 g/mol. The molecular weight excluding hydrogens is 416 g/mol. The number of para-hydroxylation sites is 1. The zero-order chi connectivity index (χ0) is 23.2. The van der Waals surface area contributed by atoms with Crippen LogP contribution in [0.5, 0.6) is 0 Å². The van der Waals surface area contributed by atoms with Crippen molar-refractivity contribution in [3.05, 3.63) is 78.1 Å². The molecule has 0 unspecified atom stereocenters. The van der Waals surface area contributed by atoms with Crippen LogP contribution in [0, 0.1) is 23.7 Å². The molecule has 0 aliphatic rings. The highest BCUT2D eigenvalue weighted by atomic mass is 14.9. The van der Waals surface area contributed by atoms with E-state index < -0.39 is 5.41 Å². The van der Waals surface area contributed by atoms with E-state index in [0.29, 0.717) is 6.42 Å². The fourth-order valence-corrected chi connectivity index (χ4v) is 5.86. The lowest BCUT2D eigenvalue weighted by Gasteiger charge is -2.19. The van der Waals surface area contributed by atoms with Gasteiger partial charge in [-0.3, -0.25) is 0 Å². The van der Waals surface area contributed by atoms with Crippen LogP contribution in [-0.2, 0) is 6.42 Å². The molecule has 4 nitrogen and oxygen atoms in total. The summed E-state index contributed by atoms with van der Waals surface area (Å²) in [5, 5.41) is 16.9. The predicted octanol–water partition coefficient (Wildman–Crippen LogP) is 7.33. The van der Waals surface area contributed by atoms with Gasteiger partial charge in [0.1, 0.15) is 6.33 Å². The number of benzene rings is 4. The highest BCUT2D eigenvalue weighted by Gasteiger charge is 2.26. The number of hydrogen-bond acceptors (Lipinski definition) is 3. The average Bonchev–Trinajstić information content (AvgIpc) is 3.19. The zero-order valence-corrected chi connectivity index (χ0v) is 19.3. The lowest BCUT2D eigenvalue weighted by molar-refractivity contribution is 0.495. The van der Waals surface area contributed by atoms with Crippen LogP contribution >= 0.6 is 0 Å². The van der Waals surface area contributed by atoms with Crippen LogP contribution in [0.4, 0.5) is 0 Å². The second-order valence-corrected chi connectivity index (χ2v) is 10.0. The fourth-order valence-electron chi connectivity index (χ4n) is 5.86. The summed E-state index contributed by atoms with van der Waals surface area (Å²) in [6, 6.07) is 24.1. The maximum absolute atomic E-state index is 9.80. The van der Waals surface area contributed by atoms with Crippen molar-refractivity contribution in [1.82, 2.24) is 14.4 Å². The molecule has 162 valence electrons. The molecule has 3 aromatic heterocycles. The number of nitriles is 1. The highest BCUT2D eigenvalue weighted by molar-refractivity contribution is 6.29. The number of fused-ring (bicyclic) bond motifs is 7. The van der Waals surface area contributed by atoms with Crippen molar-refractivity contribution in [3.63, 3.8) is 0 Å². The van der Waals surface area contributed by atoms with Crippen LogP contribution in [-0.4, -0.2) is 14.4 Å². The Hall–Kier alpha value is -4.23. The molecule has 0 fully saturated rings. The minimum atomic E-state index is -0.478. The number of hydrogen-bond donors (Lipinski definition) is 0. The van der Waals surface area contributed by atoms with Crippen molar-refractivity contribution in [2.45, 2.75) is 27.2 Å². The third-order valence-electron chi connectivity index (χ3n) is 7.31. The van der Waals surface area contributed by atoms with Gasteiger partial charge in [0, 0.05) is 16.2 Å². The molecule has 0 N–H and O–H groups in total. The second kappa shape index (κ2) is 6.42. The van der Waals surface area contributed by atoms with E-state index in [1.165, 1.54) is 38.1 Å². The SMILES string of the molecule is Cc1c2ccccc2cc2c3ncnc4cc(CC(C)(C)C#N)c5c6ccccc6n(c12)c5c43. The molecule has 3 heterocycles. The van der Waals surface area contributed by atoms with Gasteiger partial charge in [0.25, 0.3) is 0 Å². The maximum Gasteiger partial charge on any atom is 0.116 e. The smallest absolute Gasteiger partial charge is 0.116 e. The van der Waals surface area contributed by atoms with Gasteiger partial charge in [-0.25, -0.2) is 9.97 Å². The Balaban J connectivity index is 1.84. The van der Waals surface area contributed by atoms with Crippen LogP contribution in [0.15, 0.2) is 67.0 Å². The summed E-state index contributed by atoms with van der Waals surface area (Å²) in [6.07, 6.45) is 2.34. The van der Waals surface area contributed by atoms with Gasteiger partial charge in [-0.05, 0) is 67.3 Å². The number of aromatic nitrogens is 3. The molecule has 0 saturated carbocycles. The molecule has 4 heteroatoms. The molecule has 7 aromatic rings. The number of rotatable bonds is 2. The van der Waals surface area contributed by atoms with Crippen molar-refractivity contribution in [2.24, 2.45) is 5.41 Å². The molecule has 0 bridgehead atoms. The summed E-state index contributed by atoms with van der Waals surface area (Å²) in [5.74, 6) is 0. The van der Waals surface area contributed by atoms with Gasteiger partial charge in [0.15, 0.2) is 0 Å². The van der Waals surface area contributed by atoms with E-state index >= 15 is 0 Å². The molecule has 0 aliphatic heterocycles. The third-order valence-corrected chi connectivity index (χ3v) is 7.31. The van der Waals surface area contributed by atoms with Crippen molar-refractivity contribution in [3.8, 4) is 6.07 Å². The van der Waals surface area contributed by atoms with E-state index in [1.54, 1.807) is 6.33 Å². The Morgan fingerprint density at radius 3 is 2.47 bits per heavy atom. The quantitative estimate of drug-likeness (QED) is 0.210. The first kappa shape index (κ1) is 19.3. The lowest BCUT2D eigenvalue weighted by atomic mass is 9.85. The molecule has 0 spiro atoms. The minimum absolute atomic E-state index is 0.478. The van der Waals surface area contributed by atoms with Gasteiger partial charge < -0.3 is 4.40 Å². The summed E-state index contributed by atoms with van der Waals surface area (Å²) in [5.41, 5.74) is 7.37. The number of nitrogens with zero attached hydrogens (tertiary/aromatic N) is 4. The summed E-state index contributed by atoms with van der Waals surface area (Å²) >= 11 is 0. The molecule has 0 amide bonds. The Kier molecular flexibility index (Phi) is 3.64. The van der Waals surface area contributed by atoms with E-state index in [1.807, 2.05) is 13.8 Å². The first-order valence-corrected chi connectivity index (χ1v) is 11.6. The van der Waals surface area contributed by atoms with E-state index in [4.69, 9.17) is 9.97 Å². The number of aryl methyl sites for hydroxylation is 1. The minimum Gasteiger partial charge on any atom is -0.307 e. The third kappa shape index (κ3) is 2.36.